The molecule has 0 spiro atoms. The molecule has 0 N–H and O–H groups in total. The van der Waals surface area contributed by atoms with E-state index in [-0.39, 0.29) is 18.1 Å². The van der Waals surface area contributed by atoms with Gasteiger partial charge in [0.05, 0.1) is 16.6 Å². The molecule has 1 aromatic carbocycles. The van der Waals surface area contributed by atoms with Crippen LogP contribution in [0.25, 0.3) is 0 Å². The van der Waals surface area contributed by atoms with Gasteiger partial charge in [0.25, 0.3) is 5.91 Å². The van der Waals surface area contributed by atoms with Crippen molar-refractivity contribution in [1.29, 1.82) is 0 Å². The predicted octanol–water partition coefficient (Wildman–Crippen LogP) is 2.89. The summed E-state index contributed by atoms with van der Waals surface area (Å²) in [6.07, 6.45) is 1.49. The zero-order valence-electron chi connectivity index (χ0n) is 16.5. The minimum atomic E-state index is -3.54. The van der Waals surface area contributed by atoms with Crippen molar-refractivity contribution >= 4 is 21.4 Å². The second-order valence-electron chi connectivity index (χ2n) is 7.85. The van der Waals surface area contributed by atoms with Crippen LogP contribution < -0.4 is 4.90 Å². The van der Waals surface area contributed by atoms with Gasteiger partial charge in [-0.25, -0.2) is 22.2 Å². The number of anilines is 1. The molecule has 3 rings (SSSR count). The lowest BCUT2D eigenvalue weighted by atomic mass is 10.1. The highest BCUT2D eigenvalue weighted by molar-refractivity contribution is 7.92. The van der Waals surface area contributed by atoms with Crippen LogP contribution in [0, 0.1) is 11.6 Å². The Morgan fingerprint density at radius 2 is 1.59 bits per heavy atom. The van der Waals surface area contributed by atoms with E-state index in [1.54, 1.807) is 26.8 Å². The van der Waals surface area contributed by atoms with Crippen LogP contribution >= 0.6 is 0 Å². The Morgan fingerprint density at radius 1 is 1.00 bits per heavy atom. The van der Waals surface area contributed by atoms with Crippen molar-refractivity contribution < 1.29 is 22.0 Å². The number of carbonyl (C=O) groups is 1. The molecular weight excluding hydrogens is 400 g/mol. The van der Waals surface area contributed by atoms with Gasteiger partial charge in [0.15, 0.2) is 14.9 Å². The molecule has 2 aromatic rings. The van der Waals surface area contributed by atoms with Crippen molar-refractivity contribution in [3.8, 4) is 0 Å². The highest BCUT2D eigenvalue weighted by Crippen LogP contribution is 2.25. The Kier molecular flexibility index (Phi) is 5.62. The zero-order chi connectivity index (χ0) is 21.4. The largest absolute Gasteiger partial charge is 0.367 e. The van der Waals surface area contributed by atoms with Crippen molar-refractivity contribution in [2.24, 2.45) is 0 Å². The molecule has 0 atom stereocenters. The van der Waals surface area contributed by atoms with Crippen LogP contribution in [0.5, 0.6) is 0 Å². The minimum absolute atomic E-state index is 0.0117. The Morgan fingerprint density at radius 3 is 2.07 bits per heavy atom. The number of amides is 1. The smallest absolute Gasteiger partial charge is 0.259 e. The average Bonchev–Trinajstić information content (AvgIpc) is 2.67. The van der Waals surface area contributed by atoms with E-state index < -0.39 is 37.7 Å². The summed E-state index contributed by atoms with van der Waals surface area (Å²) in [6.45, 7) is 6.30. The first-order chi connectivity index (χ1) is 13.5. The fraction of sp³-hybridized carbons (Fsp3) is 0.400. The number of carbonyl (C=O) groups excluding carboxylic acids is 1. The molecule has 156 valence electrons. The van der Waals surface area contributed by atoms with Crippen molar-refractivity contribution in [2.75, 3.05) is 31.1 Å². The Balaban J connectivity index is 1.69. The Bertz CT molecular complexity index is 990. The highest BCUT2D eigenvalue weighted by atomic mass is 32.2. The van der Waals surface area contributed by atoms with Crippen LogP contribution in [-0.4, -0.2) is 55.1 Å². The van der Waals surface area contributed by atoms with Gasteiger partial charge in [-0.3, -0.25) is 4.79 Å². The van der Waals surface area contributed by atoms with Crippen molar-refractivity contribution in [3.63, 3.8) is 0 Å². The Labute approximate surface area is 169 Å². The van der Waals surface area contributed by atoms with Crippen molar-refractivity contribution in [2.45, 2.75) is 30.5 Å². The molecule has 1 fully saturated rings. The number of hydrogen-bond donors (Lipinski definition) is 0. The van der Waals surface area contributed by atoms with Crippen LogP contribution in [0.1, 0.15) is 31.1 Å². The maximum atomic E-state index is 13.9. The predicted molar refractivity (Wildman–Crippen MR) is 106 cm³/mol. The summed E-state index contributed by atoms with van der Waals surface area (Å²) in [7, 11) is -3.54. The molecule has 1 aromatic heterocycles. The van der Waals surface area contributed by atoms with E-state index in [0.717, 1.165) is 17.8 Å². The zero-order valence-corrected chi connectivity index (χ0v) is 17.3. The molecule has 2 heterocycles. The number of halogens is 2. The molecule has 1 aliphatic heterocycles. The lowest BCUT2D eigenvalue weighted by molar-refractivity contribution is 0.0737. The second kappa shape index (κ2) is 7.70. The summed E-state index contributed by atoms with van der Waals surface area (Å²) in [5, 5.41) is 0.0117. The molecule has 29 heavy (non-hydrogen) atoms. The third-order valence-corrected chi connectivity index (χ3v) is 7.32. The van der Waals surface area contributed by atoms with E-state index >= 15 is 0 Å². The normalized spacial score (nSPS) is 15.5. The quantitative estimate of drug-likeness (QED) is 0.759. The van der Waals surface area contributed by atoms with Gasteiger partial charge in [0.2, 0.25) is 0 Å². The topological polar surface area (TPSA) is 70.6 Å². The summed E-state index contributed by atoms with van der Waals surface area (Å²) in [4.78, 5) is 19.9. The van der Waals surface area contributed by atoms with E-state index in [1.165, 1.54) is 23.2 Å². The van der Waals surface area contributed by atoms with E-state index in [1.807, 2.05) is 4.90 Å². The third kappa shape index (κ3) is 4.10. The first-order valence-corrected chi connectivity index (χ1v) is 10.7. The molecule has 0 unspecified atom stereocenters. The molecule has 9 heteroatoms. The lowest BCUT2D eigenvalue weighted by Gasteiger charge is -2.36. The number of benzene rings is 1. The maximum absolute atomic E-state index is 13.9. The first kappa shape index (κ1) is 21.2. The molecule has 1 amide bonds. The first-order valence-electron chi connectivity index (χ1n) is 9.21. The molecular formula is C20H23F2N3O3S. The number of rotatable bonds is 3. The summed E-state index contributed by atoms with van der Waals surface area (Å²) in [5.74, 6) is -2.43. The molecule has 0 saturated carbocycles. The van der Waals surface area contributed by atoms with Gasteiger partial charge in [-0.05, 0) is 45.0 Å². The standard InChI is InChI=1S/C20H23F2N3O3S/c1-20(2,3)29(27,28)17-8-7-14(13-23-17)24-9-11-25(12-10-24)19(26)18-15(21)5-4-6-16(18)22/h4-8,13H,9-12H2,1-3H3. The number of hydrogen-bond acceptors (Lipinski definition) is 5. The lowest BCUT2D eigenvalue weighted by Crippen LogP contribution is -2.49. The fourth-order valence-electron chi connectivity index (χ4n) is 3.06. The van der Waals surface area contributed by atoms with E-state index in [0.29, 0.717) is 13.1 Å². The molecule has 1 saturated heterocycles. The van der Waals surface area contributed by atoms with E-state index in [4.69, 9.17) is 0 Å². The van der Waals surface area contributed by atoms with Crippen molar-refractivity contribution in [3.05, 3.63) is 53.7 Å². The van der Waals surface area contributed by atoms with E-state index in [9.17, 15) is 22.0 Å². The summed E-state index contributed by atoms with van der Waals surface area (Å²) >= 11 is 0. The third-order valence-electron chi connectivity index (χ3n) is 4.91. The van der Waals surface area contributed by atoms with Crippen LogP contribution in [0.15, 0.2) is 41.6 Å². The summed E-state index contributed by atoms with van der Waals surface area (Å²) in [5.41, 5.74) is 0.182. The number of aromatic nitrogens is 1. The molecule has 1 aliphatic rings. The fourth-order valence-corrected chi connectivity index (χ4v) is 4.13. The van der Waals surface area contributed by atoms with Gasteiger partial charge in [0, 0.05) is 26.2 Å². The van der Waals surface area contributed by atoms with Crippen molar-refractivity contribution in [1.82, 2.24) is 9.88 Å². The molecule has 0 aliphatic carbocycles. The van der Waals surface area contributed by atoms with Gasteiger partial charge < -0.3 is 9.80 Å². The average molecular weight is 423 g/mol. The van der Waals surface area contributed by atoms with Gasteiger partial charge in [-0.2, -0.15) is 0 Å². The van der Waals surface area contributed by atoms with Gasteiger partial charge in [-0.1, -0.05) is 6.07 Å². The highest BCUT2D eigenvalue weighted by Gasteiger charge is 2.32. The maximum Gasteiger partial charge on any atom is 0.259 e. The second-order valence-corrected chi connectivity index (χ2v) is 10.5. The number of piperazine rings is 1. The summed E-state index contributed by atoms with van der Waals surface area (Å²) < 4.78 is 51.7. The molecule has 6 nitrogen and oxygen atoms in total. The monoisotopic (exact) mass is 423 g/mol. The van der Waals surface area contributed by atoms with Crippen LogP contribution in [-0.2, 0) is 9.84 Å². The van der Waals surface area contributed by atoms with Gasteiger partial charge in [-0.15, -0.1) is 0 Å². The van der Waals surface area contributed by atoms with Crippen LogP contribution in [0.4, 0.5) is 14.5 Å². The molecule has 0 radical (unpaired) electrons. The van der Waals surface area contributed by atoms with Gasteiger partial charge >= 0.3 is 0 Å². The SMILES string of the molecule is CC(C)(C)S(=O)(=O)c1ccc(N2CCN(C(=O)c3c(F)cccc3F)CC2)cn1. The van der Waals surface area contributed by atoms with E-state index in [2.05, 4.69) is 4.98 Å². The number of sulfone groups is 1. The number of pyridine rings is 1. The van der Waals surface area contributed by atoms with Gasteiger partial charge in [0.1, 0.15) is 17.2 Å². The number of nitrogens with zero attached hydrogens (tertiary/aromatic N) is 3. The summed E-state index contributed by atoms with van der Waals surface area (Å²) in [6, 6.07) is 6.49. The Hall–Kier alpha value is -2.55. The minimum Gasteiger partial charge on any atom is -0.367 e. The molecule has 0 bridgehead atoms. The van der Waals surface area contributed by atoms with Crippen LogP contribution in [0.3, 0.4) is 0 Å². The van der Waals surface area contributed by atoms with Crippen LogP contribution in [0.2, 0.25) is 0 Å².